The van der Waals surface area contributed by atoms with Gasteiger partial charge in [-0.15, -0.1) is 0 Å². The Bertz CT molecular complexity index is 393. The monoisotopic (exact) mass is 181 g/mol. The summed E-state index contributed by atoms with van der Waals surface area (Å²) in [4.78, 5) is 11.1. The van der Waals surface area contributed by atoms with Crippen molar-refractivity contribution in [3.8, 4) is 17.5 Å². The van der Waals surface area contributed by atoms with Gasteiger partial charge in [0.1, 0.15) is 6.33 Å². The van der Waals surface area contributed by atoms with E-state index in [1.54, 1.807) is 6.20 Å². The van der Waals surface area contributed by atoms with Crippen molar-refractivity contribution < 1.29 is 15.1 Å². The van der Waals surface area contributed by atoms with Crippen LogP contribution < -0.4 is 4.84 Å². The summed E-state index contributed by atoms with van der Waals surface area (Å²) in [6, 6.07) is 1.26. The Labute approximate surface area is 73.0 Å². The zero-order chi connectivity index (χ0) is 9.26. The number of aromatic amines is 1. The number of imidazole rings is 1. The average Bonchev–Trinajstić information content (AvgIpc) is 2.63. The fraction of sp³-hybridized carbons (Fsp3) is 0. The van der Waals surface area contributed by atoms with E-state index in [4.69, 9.17) is 15.1 Å². The molecule has 0 fully saturated rings. The summed E-state index contributed by atoms with van der Waals surface area (Å²) in [5.41, 5.74) is 0. The van der Waals surface area contributed by atoms with Gasteiger partial charge in [0.05, 0.1) is 6.20 Å². The molecule has 2 heterocycles. The first-order valence-electron chi connectivity index (χ1n) is 3.53. The van der Waals surface area contributed by atoms with E-state index >= 15 is 0 Å². The van der Waals surface area contributed by atoms with E-state index in [2.05, 4.69) is 9.97 Å². The molecule has 0 atom stereocenters. The third-order valence-electron chi connectivity index (χ3n) is 1.43. The summed E-state index contributed by atoms with van der Waals surface area (Å²) in [5, 5.41) is 18.1. The van der Waals surface area contributed by atoms with E-state index in [1.165, 1.54) is 23.3 Å². The summed E-state index contributed by atoms with van der Waals surface area (Å²) in [7, 11) is 0. The Kier molecular flexibility index (Phi) is 1.59. The Morgan fingerprint density at radius 2 is 2.31 bits per heavy atom. The minimum atomic E-state index is -0.230. The SMILES string of the molecule is Oc1cc(On2ccnc2)c(O)[nH]1. The number of nitrogens with zero attached hydrogens (tertiary/aromatic N) is 2. The molecule has 0 aromatic carbocycles. The maximum atomic E-state index is 9.16. The highest BCUT2D eigenvalue weighted by Crippen LogP contribution is 2.29. The molecule has 68 valence electrons. The average molecular weight is 181 g/mol. The summed E-state index contributed by atoms with van der Waals surface area (Å²) in [6.07, 6.45) is 4.51. The molecule has 0 radical (unpaired) electrons. The highest BCUT2D eigenvalue weighted by Gasteiger charge is 2.07. The van der Waals surface area contributed by atoms with E-state index in [9.17, 15) is 0 Å². The Balaban J connectivity index is 2.23. The van der Waals surface area contributed by atoms with Gasteiger partial charge >= 0.3 is 0 Å². The van der Waals surface area contributed by atoms with Gasteiger partial charge in [-0.25, -0.2) is 4.98 Å². The van der Waals surface area contributed by atoms with Gasteiger partial charge < -0.3 is 15.1 Å². The molecular formula is C7H7N3O3. The fourth-order valence-electron chi connectivity index (χ4n) is 0.896. The zero-order valence-corrected chi connectivity index (χ0v) is 6.51. The van der Waals surface area contributed by atoms with Crippen molar-refractivity contribution in [3.63, 3.8) is 0 Å². The molecular weight excluding hydrogens is 174 g/mol. The first-order chi connectivity index (χ1) is 6.25. The number of H-pyrrole nitrogens is 1. The first kappa shape index (κ1) is 7.53. The molecule has 13 heavy (non-hydrogen) atoms. The molecule has 0 unspecified atom stereocenters. The standard InChI is InChI=1S/C7H7N3O3/c11-6-3-5(7(12)9-6)13-10-2-1-8-4-10/h1-4,9,11-12H. The maximum Gasteiger partial charge on any atom is 0.238 e. The van der Waals surface area contributed by atoms with Crippen LogP contribution in [0.15, 0.2) is 24.8 Å². The Morgan fingerprint density at radius 1 is 1.46 bits per heavy atom. The second kappa shape index (κ2) is 2.74. The van der Waals surface area contributed by atoms with Gasteiger partial charge in [-0.05, 0) is 0 Å². The van der Waals surface area contributed by atoms with E-state index in [0.29, 0.717) is 0 Å². The molecule has 6 heteroatoms. The van der Waals surface area contributed by atoms with Crippen LogP contribution in [0.2, 0.25) is 0 Å². The second-order valence-electron chi connectivity index (χ2n) is 2.38. The summed E-state index contributed by atoms with van der Waals surface area (Å²) < 4.78 is 1.29. The Hall–Kier alpha value is -2.11. The van der Waals surface area contributed by atoms with Crippen LogP contribution in [-0.4, -0.2) is 24.9 Å². The van der Waals surface area contributed by atoms with E-state index in [0.717, 1.165) is 0 Å². The second-order valence-corrected chi connectivity index (χ2v) is 2.38. The van der Waals surface area contributed by atoms with Crippen LogP contribution >= 0.6 is 0 Å². The lowest BCUT2D eigenvalue weighted by molar-refractivity contribution is 0.206. The third-order valence-corrected chi connectivity index (χ3v) is 1.43. The van der Waals surface area contributed by atoms with Crippen molar-refractivity contribution in [2.75, 3.05) is 0 Å². The molecule has 0 saturated heterocycles. The molecule has 0 aliphatic heterocycles. The molecule has 2 aromatic heterocycles. The quantitative estimate of drug-likeness (QED) is 0.628. The maximum absolute atomic E-state index is 9.16. The molecule has 6 nitrogen and oxygen atoms in total. The molecule has 0 saturated carbocycles. The predicted molar refractivity (Wildman–Crippen MR) is 42.4 cm³/mol. The molecule has 0 spiro atoms. The van der Waals surface area contributed by atoms with Gasteiger partial charge in [0.2, 0.25) is 11.6 Å². The lowest BCUT2D eigenvalue weighted by Crippen LogP contribution is -2.00. The largest absolute Gasteiger partial charge is 0.494 e. The number of nitrogens with one attached hydrogen (secondary N) is 1. The molecule has 3 N–H and O–H groups in total. The van der Waals surface area contributed by atoms with Gasteiger partial charge in [-0.1, -0.05) is 0 Å². The number of aromatic hydroxyl groups is 2. The number of hydrogen-bond acceptors (Lipinski definition) is 4. The molecule has 2 aromatic rings. The minimum Gasteiger partial charge on any atom is -0.494 e. The highest BCUT2D eigenvalue weighted by molar-refractivity contribution is 5.38. The molecule has 0 bridgehead atoms. The smallest absolute Gasteiger partial charge is 0.238 e. The van der Waals surface area contributed by atoms with Gasteiger partial charge in [0.25, 0.3) is 0 Å². The van der Waals surface area contributed by atoms with Crippen LogP contribution in [0, 0.1) is 0 Å². The number of rotatable bonds is 2. The summed E-state index contributed by atoms with van der Waals surface area (Å²) in [6.45, 7) is 0. The van der Waals surface area contributed by atoms with Crippen molar-refractivity contribution >= 4 is 0 Å². The van der Waals surface area contributed by atoms with Crippen LogP contribution in [0.3, 0.4) is 0 Å². The first-order valence-corrected chi connectivity index (χ1v) is 3.53. The van der Waals surface area contributed by atoms with Gasteiger partial charge in [0.15, 0.2) is 5.88 Å². The molecule has 0 aliphatic rings. The minimum absolute atomic E-state index is 0.135. The van der Waals surface area contributed by atoms with Crippen LogP contribution in [0.4, 0.5) is 0 Å². The lowest BCUT2D eigenvalue weighted by Gasteiger charge is -2.01. The predicted octanol–water partition coefficient (Wildman–Crippen LogP) is 0.464. The van der Waals surface area contributed by atoms with E-state index in [1.807, 2.05) is 0 Å². The van der Waals surface area contributed by atoms with Crippen LogP contribution in [0.5, 0.6) is 17.5 Å². The van der Waals surface area contributed by atoms with Crippen LogP contribution in [0.1, 0.15) is 0 Å². The highest BCUT2D eigenvalue weighted by atomic mass is 16.7. The van der Waals surface area contributed by atoms with Crippen LogP contribution in [-0.2, 0) is 0 Å². The van der Waals surface area contributed by atoms with Gasteiger partial charge in [0, 0.05) is 12.3 Å². The molecule has 0 aliphatic carbocycles. The van der Waals surface area contributed by atoms with E-state index in [-0.39, 0.29) is 17.5 Å². The third kappa shape index (κ3) is 1.41. The normalized spacial score (nSPS) is 10.2. The molecule has 2 rings (SSSR count). The van der Waals surface area contributed by atoms with Gasteiger partial charge in [-0.2, -0.15) is 4.73 Å². The zero-order valence-electron chi connectivity index (χ0n) is 6.51. The van der Waals surface area contributed by atoms with E-state index < -0.39 is 0 Å². The number of aromatic nitrogens is 3. The summed E-state index contributed by atoms with van der Waals surface area (Å²) in [5.74, 6) is -0.255. The van der Waals surface area contributed by atoms with Crippen molar-refractivity contribution in [1.29, 1.82) is 0 Å². The van der Waals surface area contributed by atoms with Crippen LogP contribution in [0.25, 0.3) is 0 Å². The topological polar surface area (TPSA) is 83.3 Å². The summed E-state index contributed by atoms with van der Waals surface area (Å²) >= 11 is 0. The molecule has 0 amide bonds. The van der Waals surface area contributed by atoms with Crippen molar-refractivity contribution in [3.05, 3.63) is 24.8 Å². The fourth-order valence-corrected chi connectivity index (χ4v) is 0.896. The number of hydrogen-bond donors (Lipinski definition) is 3. The van der Waals surface area contributed by atoms with Crippen molar-refractivity contribution in [2.24, 2.45) is 0 Å². The van der Waals surface area contributed by atoms with Crippen molar-refractivity contribution in [2.45, 2.75) is 0 Å². The van der Waals surface area contributed by atoms with Gasteiger partial charge in [-0.3, -0.25) is 4.98 Å². The van der Waals surface area contributed by atoms with Crippen molar-refractivity contribution in [1.82, 2.24) is 14.7 Å². The Morgan fingerprint density at radius 3 is 2.85 bits per heavy atom. The lowest BCUT2D eigenvalue weighted by atomic mass is 10.6.